The summed E-state index contributed by atoms with van der Waals surface area (Å²) in [5.41, 5.74) is 7.55. The third-order valence-electron chi connectivity index (χ3n) is 2.20. The molecular weight excluding hydrogens is 204 g/mol. The molecule has 0 amide bonds. The Morgan fingerprint density at radius 1 is 1.56 bits per heavy atom. The molecule has 16 heavy (non-hydrogen) atoms. The van der Waals surface area contributed by atoms with Crippen molar-refractivity contribution in [2.45, 2.75) is 6.92 Å². The molecule has 0 aromatic rings. The topological polar surface area (TPSA) is 62.9 Å². The van der Waals surface area contributed by atoms with Crippen LogP contribution in [0.3, 0.4) is 0 Å². The van der Waals surface area contributed by atoms with Gasteiger partial charge in [-0.1, -0.05) is 0 Å². The normalized spacial score (nSPS) is 16.6. The summed E-state index contributed by atoms with van der Waals surface area (Å²) in [6.07, 6.45) is 3.40. The largest absolute Gasteiger partial charge is 0.475 e. The van der Waals surface area contributed by atoms with E-state index in [-0.39, 0.29) is 0 Å². The summed E-state index contributed by atoms with van der Waals surface area (Å²) in [6.45, 7) is 4.16. The van der Waals surface area contributed by atoms with Crippen molar-refractivity contribution < 1.29 is 4.74 Å². The van der Waals surface area contributed by atoms with Crippen molar-refractivity contribution in [1.29, 1.82) is 0 Å². The molecule has 0 unspecified atom stereocenters. The predicted octanol–water partition coefficient (Wildman–Crippen LogP) is 0.270. The molecule has 0 aromatic heterocycles. The molecule has 0 saturated heterocycles. The van der Waals surface area contributed by atoms with E-state index in [1.54, 1.807) is 12.4 Å². The van der Waals surface area contributed by atoms with Crippen LogP contribution in [0.5, 0.6) is 0 Å². The van der Waals surface area contributed by atoms with Crippen molar-refractivity contribution in [2.24, 2.45) is 10.7 Å². The number of ether oxygens (including phenoxy) is 1. The summed E-state index contributed by atoms with van der Waals surface area (Å²) in [4.78, 5) is 6.22. The summed E-state index contributed by atoms with van der Waals surface area (Å²) in [5.74, 6) is 0.567. The minimum atomic E-state index is 0.567. The molecule has 90 valence electrons. The lowest BCUT2D eigenvalue weighted by molar-refractivity contribution is 0.180. The average molecular weight is 224 g/mol. The number of rotatable bonds is 4. The highest BCUT2D eigenvalue weighted by atomic mass is 16.5. The Kier molecular flexibility index (Phi) is 4.85. The molecule has 0 bridgehead atoms. The van der Waals surface area contributed by atoms with Gasteiger partial charge in [0.25, 0.3) is 0 Å². The Labute approximate surface area is 96.7 Å². The van der Waals surface area contributed by atoms with Crippen molar-refractivity contribution in [2.75, 3.05) is 33.8 Å². The maximum absolute atomic E-state index is 5.79. The van der Waals surface area contributed by atoms with E-state index in [4.69, 9.17) is 10.5 Å². The Balaban J connectivity index is 2.49. The molecule has 0 atom stereocenters. The van der Waals surface area contributed by atoms with E-state index in [1.165, 1.54) is 0 Å². The Bertz CT molecular complexity index is 318. The highest BCUT2D eigenvalue weighted by Gasteiger charge is 2.01. The van der Waals surface area contributed by atoms with Crippen LogP contribution in [-0.2, 0) is 4.74 Å². The second-order valence-corrected chi connectivity index (χ2v) is 4.01. The lowest BCUT2D eigenvalue weighted by atomic mass is 10.2. The van der Waals surface area contributed by atoms with Crippen molar-refractivity contribution in [3.63, 3.8) is 0 Å². The average Bonchev–Trinajstić information content (AvgIpc) is 2.22. The Hall–Kier alpha value is -1.49. The summed E-state index contributed by atoms with van der Waals surface area (Å²) in [6, 6.07) is 0. The molecule has 1 heterocycles. The fourth-order valence-electron chi connectivity index (χ4n) is 1.09. The molecular formula is C11H20N4O. The monoisotopic (exact) mass is 224 g/mol. The third kappa shape index (κ3) is 4.35. The Morgan fingerprint density at radius 3 is 3.00 bits per heavy atom. The maximum Gasteiger partial charge on any atom is 0.229 e. The standard InChI is InChI=1S/C11H20N4O/c1-9-6-13-8-11(14-7-10(9)12)16-5-4-15(2)3/h7-8,13H,4-6,12H2,1-3H3. The van der Waals surface area contributed by atoms with Gasteiger partial charge in [-0.05, 0) is 26.6 Å². The lowest BCUT2D eigenvalue weighted by Crippen LogP contribution is -2.20. The van der Waals surface area contributed by atoms with Crippen LogP contribution in [0.15, 0.2) is 28.3 Å². The SMILES string of the molecule is CC1=C(N)C=NC(OCCN(C)C)=CNC1. The van der Waals surface area contributed by atoms with Crippen molar-refractivity contribution in [3.05, 3.63) is 23.4 Å². The molecule has 1 rings (SSSR count). The van der Waals surface area contributed by atoms with Crippen LogP contribution in [0, 0.1) is 0 Å². The van der Waals surface area contributed by atoms with E-state index in [2.05, 4.69) is 15.2 Å². The molecule has 0 saturated carbocycles. The number of likely N-dealkylation sites (N-methyl/N-ethyl adjacent to an activating group) is 1. The van der Waals surface area contributed by atoms with Gasteiger partial charge in [0.15, 0.2) is 0 Å². The number of hydrogen-bond donors (Lipinski definition) is 2. The zero-order valence-electron chi connectivity index (χ0n) is 10.2. The number of nitrogens with one attached hydrogen (secondary N) is 1. The second kappa shape index (κ2) is 6.17. The van der Waals surface area contributed by atoms with Gasteiger partial charge in [-0.3, -0.25) is 0 Å². The number of nitrogens with two attached hydrogens (primary N) is 1. The second-order valence-electron chi connectivity index (χ2n) is 4.01. The highest BCUT2D eigenvalue weighted by Crippen LogP contribution is 2.03. The Morgan fingerprint density at radius 2 is 2.31 bits per heavy atom. The molecule has 0 radical (unpaired) electrons. The summed E-state index contributed by atoms with van der Waals surface area (Å²) in [5, 5.41) is 3.10. The van der Waals surface area contributed by atoms with Crippen LogP contribution in [0.1, 0.15) is 6.92 Å². The molecule has 0 fully saturated rings. The van der Waals surface area contributed by atoms with Crippen molar-refractivity contribution in [1.82, 2.24) is 10.2 Å². The number of nitrogens with zero attached hydrogens (tertiary/aromatic N) is 2. The van der Waals surface area contributed by atoms with Crippen molar-refractivity contribution in [3.8, 4) is 0 Å². The van der Waals surface area contributed by atoms with Crippen LogP contribution in [-0.4, -0.2) is 44.9 Å². The van der Waals surface area contributed by atoms with E-state index in [1.807, 2.05) is 21.0 Å². The van der Waals surface area contributed by atoms with Crippen molar-refractivity contribution >= 4 is 6.21 Å². The first-order valence-corrected chi connectivity index (χ1v) is 5.30. The van der Waals surface area contributed by atoms with Crippen LogP contribution >= 0.6 is 0 Å². The van der Waals surface area contributed by atoms with Gasteiger partial charge < -0.3 is 20.7 Å². The van der Waals surface area contributed by atoms with Gasteiger partial charge in [0, 0.05) is 13.1 Å². The van der Waals surface area contributed by atoms with E-state index >= 15 is 0 Å². The van der Waals surface area contributed by atoms with Gasteiger partial charge in [0.2, 0.25) is 5.88 Å². The molecule has 0 aromatic carbocycles. The first kappa shape index (κ1) is 12.6. The number of allylic oxidation sites excluding steroid dienone is 1. The third-order valence-corrected chi connectivity index (χ3v) is 2.20. The molecule has 0 aliphatic carbocycles. The lowest BCUT2D eigenvalue weighted by Gasteiger charge is -2.13. The van der Waals surface area contributed by atoms with Gasteiger partial charge >= 0.3 is 0 Å². The molecule has 5 nitrogen and oxygen atoms in total. The quantitative estimate of drug-likeness (QED) is 0.719. The van der Waals surface area contributed by atoms with Crippen LogP contribution in [0.2, 0.25) is 0 Å². The van der Waals surface area contributed by atoms with E-state index in [9.17, 15) is 0 Å². The number of aliphatic imine (C=N–C) groups is 1. The van der Waals surface area contributed by atoms with E-state index in [0.29, 0.717) is 18.2 Å². The maximum atomic E-state index is 5.79. The number of hydrogen-bond acceptors (Lipinski definition) is 5. The fraction of sp³-hybridized carbons (Fsp3) is 0.545. The summed E-state index contributed by atoms with van der Waals surface area (Å²) < 4.78 is 5.49. The zero-order valence-corrected chi connectivity index (χ0v) is 10.2. The van der Waals surface area contributed by atoms with E-state index < -0.39 is 0 Å². The van der Waals surface area contributed by atoms with Gasteiger partial charge in [-0.2, -0.15) is 0 Å². The van der Waals surface area contributed by atoms with Crippen LogP contribution < -0.4 is 11.1 Å². The predicted molar refractivity (Wildman–Crippen MR) is 66.0 cm³/mol. The van der Waals surface area contributed by atoms with Gasteiger partial charge in [0.1, 0.15) is 6.61 Å². The molecule has 1 aliphatic heterocycles. The molecule has 1 aliphatic rings. The first-order chi connectivity index (χ1) is 7.59. The smallest absolute Gasteiger partial charge is 0.229 e. The fourth-order valence-corrected chi connectivity index (χ4v) is 1.09. The van der Waals surface area contributed by atoms with Crippen LogP contribution in [0.4, 0.5) is 0 Å². The molecule has 5 heteroatoms. The minimum Gasteiger partial charge on any atom is -0.475 e. The molecule has 0 spiro atoms. The van der Waals surface area contributed by atoms with Gasteiger partial charge in [-0.25, -0.2) is 4.99 Å². The first-order valence-electron chi connectivity index (χ1n) is 5.30. The highest BCUT2D eigenvalue weighted by molar-refractivity contribution is 5.79. The minimum absolute atomic E-state index is 0.567. The summed E-state index contributed by atoms with van der Waals surface area (Å²) >= 11 is 0. The van der Waals surface area contributed by atoms with E-state index in [0.717, 1.165) is 18.7 Å². The summed E-state index contributed by atoms with van der Waals surface area (Å²) in [7, 11) is 4.00. The zero-order chi connectivity index (χ0) is 12.0. The van der Waals surface area contributed by atoms with Gasteiger partial charge in [-0.15, -0.1) is 0 Å². The van der Waals surface area contributed by atoms with Crippen LogP contribution in [0.25, 0.3) is 0 Å². The van der Waals surface area contributed by atoms with Gasteiger partial charge in [0.05, 0.1) is 18.1 Å². The molecule has 3 N–H and O–H groups in total.